The van der Waals surface area contributed by atoms with E-state index in [1.807, 2.05) is 0 Å². The van der Waals surface area contributed by atoms with Crippen LogP contribution in [-0.2, 0) is 10.1 Å². The van der Waals surface area contributed by atoms with Crippen LogP contribution in [-0.4, -0.2) is 19.6 Å². The van der Waals surface area contributed by atoms with Crippen molar-refractivity contribution in [3.63, 3.8) is 0 Å². The van der Waals surface area contributed by atoms with Gasteiger partial charge in [-0.2, -0.15) is 8.42 Å². The van der Waals surface area contributed by atoms with Crippen LogP contribution in [0.2, 0.25) is 0 Å². The van der Waals surface area contributed by atoms with Crippen molar-refractivity contribution in [1.82, 2.24) is 0 Å². The van der Waals surface area contributed by atoms with Gasteiger partial charge >= 0.3 is 0 Å². The Balaban J connectivity index is 0.00000106. The van der Waals surface area contributed by atoms with Crippen LogP contribution < -0.4 is 4.74 Å². The number of benzene rings is 1. The lowest BCUT2D eigenvalue weighted by atomic mass is 10.3. The molecule has 0 aromatic heterocycles. The Labute approximate surface area is 95.6 Å². The highest BCUT2D eigenvalue weighted by atomic mass is 32.2. The van der Waals surface area contributed by atoms with Gasteiger partial charge in [0.25, 0.3) is 10.1 Å². The van der Waals surface area contributed by atoms with Gasteiger partial charge in [-0.05, 0) is 12.1 Å². The first kappa shape index (κ1) is 14.4. The highest BCUT2D eigenvalue weighted by Gasteiger charge is 2.15. The van der Waals surface area contributed by atoms with E-state index in [-0.39, 0.29) is 17.3 Å². The predicted octanol–water partition coefficient (Wildman–Crippen LogP) is 2.30. The molecule has 0 aliphatic rings. The molecule has 4 nitrogen and oxygen atoms in total. The molecule has 0 fully saturated rings. The van der Waals surface area contributed by atoms with Crippen molar-refractivity contribution < 1.29 is 17.7 Å². The Morgan fingerprint density at radius 1 is 1.31 bits per heavy atom. The molecule has 0 aliphatic carbocycles. The second-order valence-corrected chi connectivity index (χ2v) is 3.91. The number of para-hydroxylation sites is 1. The third kappa shape index (κ3) is 4.29. The molecule has 0 aliphatic heterocycles. The average Bonchev–Trinajstić information content (AvgIpc) is 2.28. The van der Waals surface area contributed by atoms with E-state index in [0.29, 0.717) is 0 Å². The van der Waals surface area contributed by atoms with Crippen molar-refractivity contribution in [2.45, 2.75) is 4.90 Å². The predicted molar refractivity (Wildman–Crippen MR) is 63.2 cm³/mol. The summed E-state index contributed by atoms with van der Waals surface area (Å²) in [5, 5.41) is 0. The molecule has 88 valence electrons. The van der Waals surface area contributed by atoms with E-state index in [1.165, 1.54) is 24.3 Å². The Bertz CT molecular complexity index is 437. The zero-order valence-electron chi connectivity index (χ0n) is 8.80. The normalized spacial score (nSPS) is 9.81. The fraction of sp³-hybridized carbons (Fsp3) is 0.0909. The molecule has 0 bridgehead atoms. The first-order chi connectivity index (χ1) is 7.55. The minimum Gasteiger partial charge on any atom is -0.488 e. The number of rotatable bonds is 4. The quantitative estimate of drug-likeness (QED) is 0.650. The zero-order chi connectivity index (χ0) is 12.6. The van der Waals surface area contributed by atoms with E-state index in [0.717, 1.165) is 0 Å². The van der Waals surface area contributed by atoms with Gasteiger partial charge in [0.1, 0.15) is 17.3 Å². The summed E-state index contributed by atoms with van der Waals surface area (Å²) in [7, 11) is -4.22. The van der Waals surface area contributed by atoms with Gasteiger partial charge in [0.05, 0.1) is 0 Å². The monoisotopic (exact) mass is 242 g/mol. The molecule has 0 radical (unpaired) electrons. The maximum Gasteiger partial charge on any atom is 0.298 e. The molecule has 0 saturated heterocycles. The molecule has 0 saturated carbocycles. The Morgan fingerprint density at radius 3 is 2.38 bits per heavy atom. The highest BCUT2D eigenvalue weighted by Crippen LogP contribution is 2.22. The van der Waals surface area contributed by atoms with Gasteiger partial charge < -0.3 is 4.74 Å². The molecular formula is C11H14O4S. The molecule has 1 rings (SSSR count). The molecule has 0 atom stereocenters. The van der Waals surface area contributed by atoms with Gasteiger partial charge in [-0.3, -0.25) is 4.55 Å². The summed E-state index contributed by atoms with van der Waals surface area (Å²) in [6, 6.07) is 5.86. The lowest BCUT2D eigenvalue weighted by Crippen LogP contribution is -2.03. The minimum absolute atomic E-state index is 0.120. The van der Waals surface area contributed by atoms with Crippen LogP contribution in [0.25, 0.3) is 0 Å². The van der Waals surface area contributed by atoms with E-state index in [2.05, 4.69) is 19.7 Å². The molecule has 16 heavy (non-hydrogen) atoms. The van der Waals surface area contributed by atoms with Gasteiger partial charge in [-0.15, -0.1) is 13.2 Å². The van der Waals surface area contributed by atoms with Gasteiger partial charge in [0, 0.05) is 0 Å². The third-order valence-corrected chi connectivity index (χ3v) is 2.38. The van der Waals surface area contributed by atoms with Gasteiger partial charge in [-0.1, -0.05) is 24.8 Å². The SMILES string of the molecule is C=C.C=CCOc1ccccc1S(=O)(=O)O. The van der Waals surface area contributed by atoms with Crippen molar-refractivity contribution in [2.75, 3.05) is 6.61 Å². The molecule has 5 heteroatoms. The summed E-state index contributed by atoms with van der Waals surface area (Å²) in [5.74, 6) is 0.120. The summed E-state index contributed by atoms with van der Waals surface area (Å²) in [5.41, 5.74) is 0. The van der Waals surface area contributed by atoms with E-state index in [4.69, 9.17) is 9.29 Å². The fourth-order valence-electron chi connectivity index (χ4n) is 0.931. The molecule has 0 amide bonds. The van der Waals surface area contributed by atoms with Crippen molar-refractivity contribution in [2.24, 2.45) is 0 Å². The van der Waals surface area contributed by atoms with Crippen LogP contribution in [0.1, 0.15) is 0 Å². The molecule has 1 N–H and O–H groups in total. The lowest BCUT2D eigenvalue weighted by Gasteiger charge is -2.06. The summed E-state index contributed by atoms with van der Waals surface area (Å²) >= 11 is 0. The lowest BCUT2D eigenvalue weighted by molar-refractivity contribution is 0.351. The third-order valence-electron chi connectivity index (χ3n) is 1.48. The minimum atomic E-state index is -4.22. The molecule has 1 aromatic carbocycles. The number of hydrogen-bond donors (Lipinski definition) is 1. The fourth-order valence-corrected chi connectivity index (χ4v) is 1.56. The van der Waals surface area contributed by atoms with Crippen molar-refractivity contribution in [3.8, 4) is 5.75 Å². The number of ether oxygens (including phenoxy) is 1. The highest BCUT2D eigenvalue weighted by molar-refractivity contribution is 7.86. The van der Waals surface area contributed by atoms with Crippen LogP contribution >= 0.6 is 0 Å². The molecule has 0 spiro atoms. The van der Waals surface area contributed by atoms with Crippen molar-refractivity contribution >= 4 is 10.1 Å². The average molecular weight is 242 g/mol. The summed E-state index contributed by atoms with van der Waals surface area (Å²) in [4.78, 5) is -0.234. The maximum absolute atomic E-state index is 10.9. The van der Waals surface area contributed by atoms with Crippen molar-refractivity contribution in [1.29, 1.82) is 0 Å². The van der Waals surface area contributed by atoms with Crippen LogP contribution in [0.15, 0.2) is 55.0 Å². The van der Waals surface area contributed by atoms with Crippen LogP contribution in [0, 0.1) is 0 Å². The van der Waals surface area contributed by atoms with Gasteiger partial charge in [0.2, 0.25) is 0 Å². The molecule has 0 heterocycles. The Hall–Kier alpha value is -1.59. The standard InChI is InChI=1S/C9H10O4S.C2H4/c1-2-7-13-8-5-3-4-6-9(8)14(10,11)12;1-2/h2-6H,1,7H2,(H,10,11,12);1-2H2. The second kappa shape index (κ2) is 6.81. The summed E-state index contributed by atoms with van der Waals surface area (Å²) < 4.78 is 35.6. The molecule has 1 aromatic rings. The topological polar surface area (TPSA) is 63.6 Å². The molecular weight excluding hydrogens is 228 g/mol. The smallest absolute Gasteiger partial charge is 0.298 e. The van der Waals surface area contributed by atoms with Gasteiger partial charge in [-0.25, -0.2) is 0 Å². The Kier molecular flexibility index (Phi) is 6.14. The van der Waals surface area contributed by atoms with E-state index in [1.54, 1.807) is 6.07 Å². The second-order valence-electron chi connectivity index (χ2n) is 2.52. The summed E-state index contributed by atoms with van der Waals surface area (Å²) in [6.07, 6.45) is 1.49. The van der Waals surface area contributed by atoms with Crippen LogP contribution in [0.3, 0.4) is 0 Å². The van der Waals surface area contributed by atoms with E-state index >= 15 is 0 Å². The Morgan fingerprint density at radius 2 is 1.88 bits per heavy atom. The molecule has 0 unspecified atom stereocenters. The first-order valence-corrected chi connectivity index (χ1v) is 5.80. The summed E-state index contributed by atoms with van der Waals surface area (Å²) in [6.45, 7) is 9.62. The van der Waals surface area contributed by atoms with Crippen LogP contribution in [0.4, 0.5) is 0 Å². The first-order valence-electron chi connectivity index (χ1n) is 4.36. The zero-order valence-corrected chi connectivity index (χ0v) is 9.61. The van der Waals surface area contributed by atoms with E-state index < -0.39 is 10.1 Å². The van der Waals surface area contributed by atoms with E-state index in [9.17, 15) is 8.42 Å². The maximum atomic E-state index is 10.9. The van der Waals surface area contributed by atoms with Crippen molar-refractivity contribution in [3.05, 3.63) is 50.1 Å². The largest absolute Gasteiger partial charge is 0.488 e. The van der Waals surface area contributed by atoms with Crippen LogP contribution in [0.5, 0.6) is 5.75 Å². The number of hydrogen-bond acceptors (Lipinski definition) is 3. The van der Waals surface area contributed by atoms with Gasteiger partial charge in [0.15, 0.2) is 0 Å².